The Morgan fingerprint density at radius 3 is 2.38 bits per heavy atom. The molecule has 2 saturated carbocycles. The van der Waals surface area contributed by atoms with Gasteiger partial charge in [0.2, 0.25) is 5.91 Å². The van der Waals surface area contributed by atoms with E-state index in [1.54, 1.807) is 13.0 Å². The lowest BCUT2D eigenvalue weighted by Gasteiger charge is -2.26. The second-order valence-corrected chi connectivity index (χ2v) is 9.19. The molecule has 0 radical (unpaired) electrons. The van der Waals surface area contributed by atoms with Gasteiger partial charge in [-0.05, 0) is 57.9 Å². The minimum atomic E-state index is -0.917. The molecule has 2 bridgehead atoms. The van der Waals surface area contributed by atoms with Crippen LogP contribution in [0.1, 0.15) is 62.2 Å². The Hall–Kier alpha value is -2.15. The lowest BCUT2D eigenvalue weighted by atomic mass is 9.79. The minimum Gasteiger partial charge on any atom is -0.481 e. The molecule has 158 valence electrons. The number of amides is 1. The highest BCUT2D eigenvalue weighted by atomic mass is 32.1. The highest BCUT2D eigenvalue weighted by Gasteiger charge is 2.57. The first-order valence-corrected chi connectivity index (χ1v) is 11.1. The number of esters is 1. The van der Waals surface area contributed by atoms with Crippen LogP contribution in [0.5, 0.6) is 0 Å². The second-order valence-electron chi connectivity index (χ2n) is 8.05. The third-order valence-electron chi connectivity index (χ3n) is 6.02. The Kier molecular flexibility index (Phi) is 6.46. The predicted octanol–water partition coefficient (Wildman–Crippen LogP) is 4.51. The minimum absolute atomic E-state index is 0.0350. The highest BCUT2D eigenvalue weighted by Crippen LogP contribution is 2.57. The van der Waals surface area contributed by atoms with Crippen molar-refractivity contribution in [3.63, 3.8) is 0 Å². The Bertz CT molecular complexity index is 851. The summed E-state index contributed by atoms with van der Waals surface area (Å²) >= 11 is 1.37. The van der Waals surface area contributed by atoms with Gasteiger partial charge in [0, 0.05) is 4.88 Å². The quantitative estimate of drug-likeness (QED) is 0.501. The Balaban J connectivity index is 1.90. The monoisotopic (exact) mass is 419 g/mol. The van der Waals surface area contributed by atoms with Crippen LogP contribution in [0.3, 0.4) is 0 Å². The first-order chi connectivity index (χ1) is 13.8. The zero-order valence-corrected chi connectivity index (χ0v) is 18.2. The number of aliphatic carboxylic acids is 1. The number of ether oxygens (including phenoxy) is 1. The molecule has 2 aliphatic rings. The van der Waals surface area contributed by atoms with Crippen LogP contribution in [-0.2, 0) is 20.7 Å². The molecule has 1 aromatic heterocycles. The van der Waals surface area contributed by atoms with Gasteiger partial charge in [0.15, 0.2) is 0 Å². The van der Waals surface area contributed by atoms with Gasteiger partial charge in [0.25, 0.3) is 0 Å². The Morgan fingerprint density at radius 1 is 1.17 bits per heavy atom. The number of hydrogen-bond donors (Lipinski definition) is 2. The van der Waals surface area contributed by atoms with Crippen LogP contribution in [0.2, 0.25) is 0 Å². The molecule has 1 heterocycles. The average molecular weight is 420 g/mol. The zero-order valence-electron chi connectivity index (χ0n) is 17.4. The van der Waals surface area contributed by atoms with E-state index < -0.39 is 23.8 Å². The van der Waals surface area contributed by atoms with Crippen molar-refractivity contribution in [2.24, 2.45) is 23.7 Å². The maximum absolute atomic E-state index is 13.2. The maximum atomic E-state index is 13.2. The lowest BCUT2D eigenvalue weighted by Crippen LogP contribution is -2.37. The zero-order chi connectivity index (χ0) is 21.3. The van der Waals surface area contributed by atoms with E-state index in [-0.39, 0.29) is 24.3 Å². The van der Waals surface area contributed by atoms with Gasteiger partial charge in [-0.2, -0.15) is 0 Å². The number of nitrogens with one attached hydrogen (secondary N) is 1. The van der Waals surface area contributed by atoms with Crippen molar-refractivity contribution in [3.8, 4) is 0 Å². The fourth-order valence-corrected chi connectivity index (χ4v) is 6.21. The summed E-state index contributed by atoms with van der Waals surface area (Å²) in [6.07, 6.45) is 3.39. The number of allylic oxidation sites excluding steroid dienone is 2. The molecule has 0 saturated heterocycles. The molecular formula is C22H29NO5S. The molecule has 2 aliphatic carbocycles. The molecule has 4 atom stereocenters. The lowest BCUT2D eigenvalue weighted by molar-refractivity contribution is -0.148. The van der Waals surface area contributed by atoms with Crippen LogP contribution in [0.4, 0.5) is 5.00 Å². The molecule has 1 aromatic rings. The van der Waals surface area contributed by atoms with Gasteiger partial charge in [-0.15, -0.1) is 11.3 Å². The molecule has 29 heavy (non-hydrogen) atoms. The van der Waals surface area contributed by atoms with Gasteiger partial charge in [-0.3, -0.25) is 9.59 Å². The van der Waals surface area contributed by atoms with Gasteiger partial charge in [0.1, 0.15) is 5.00 Å². The van der Waals surface area contributed by atoms with E-state index >= 15 is 0 Å². The fraction of sp³-hybridized carbons (Fsp3) is 0.591. The molecule has 3 rings (SSSR count). The van der Waals surface area contributed by atoms with Crippen molar-refractivity contribution in [1.29, 1.82) is 0 Å². The van der Waals surface area contributed by atoms with Crippen LogP contribution >= 0.6 is 11.3 Å². The second kappa shape index (κ2) is 8.69. The highest BCUT2D eigenvalue weighted by molar-refractivity contribution is 7.16. The molecule has 7 heteroatoms. The first-order valence-electron chi connectivity index (χ1n) is 10.3. The van der Waals surface area contributed by atoms with E-state index in [0.29, 0.717) is 10.6 Å². The Labute approximate surface area is 175 Å². The number of fused-ring (bicyclic) bond motifs is 2. The van der Waals surface area contributed by atoms with Crippen LogP contribution in [0.25, 0.3) is 0 Å². The van der Waals surface area contributed by atoms with E-state index in [2.05, 4.69) is 12.2 Å². The molecule has 6 nitrogen and oxygen atoms in total. The van der Waals surface area contributed by atoms with E-state index in [4.69, 9.17) is 4.74 Å². The fourth-order valence-electron chi connectivity index (χ4n) is 5.06. The Morgan fingerprint density at radius 2 is 1.83 bits per heavy atom. The number of hydrogen-bond acceptors (Lipinski definition) is 5. The third-order valence-corrected chi connectivity index (χ3v) is 7.13. The first kappa shape index (κ1) is 21.6. The number of carbonyl (C=O) groups excluding carboxylic acids is 2. The summed E-state index contributed by atoms with van der Waals surface area (Å²) in [5.41, 5.74) is 2.61. The normalized spacial score (nSPS) is 25.2. The maximum Gasteiger partial charge on any atom is 0.341 e. The molecule has 1 amide bonds. The number of thiophene rings is 1. The number of aryl methyl sites for hydroxylation is 1. The summed E-state index contributed by atoms with van der Waals surface area (Å²) in [5, 5.41) is 13.2. The van der Waals surface area contributed by atoms with Crippen molar-refractivity contribution < 1.29 is 24.2 Å². The molecule has 0 aliphatic heterocycles. The van der Waals surface area contributed by atoms with Crippen LogP contribution in [0.15, 0.2) is 17.2 Å². The van der Waals surface area contributed by atoms with E-state index in [1.165, 1.54) is 11.3 Å². The van der Waals surface area contributed by atoms with Gasteiger partial charge in [-0.25, -0.2) is 4.79 Å². The van der Waals surface area contributed by atoms with Gasteiger partial charge >= 0.3 is 11.9 Å². The van der Waals surface area contributed by atoms with Crippen molar-refractivity contribution in [1.82, 2.24) is 0 Å². The van der Waals surface area contributed by atoms with Crippen molar-refractivity contribution in [2.45, 2.75) is 53.4 Å². The van der Waals surface area contributed by atoms with E-state index in [0.717, 1.165) is 41.7 Å². The number of carbonyl (C=O) groups is 3. The van der Waals surface area contributed by atoms with Gasteiger partial charge in [-0.1, -0.05) is 24.5 Å². The van der Waals surface area contributed by atoms with Crippen LogP contribution in [-0.4, -0.2) is 29.6 Å². The average Bonchev–Trinajstić information content (AvgIpc) is 3.33. The van der Waals surface area contributed by atoms with Crippen molar-refractivity contribution >= 4 is 34.2 Å². The van der Waals surface area contributed by atoms with E-state index in [1.807, 2.05) is 13.8 Å². The molecule has 0 unspecified atom stereocenters. The number of anilines is 1. The summed E-state index contributed by atoms with van der Waals surface area (Å²) in [4.78, 5) is 38.6. The summed E-state index contributed by atoms with van der Waals surface area (Å²) in [6, 6.07) is 1.78. The van der Waals surface area contributed by atoms with Crippen molar-refractivity contribution in [2.75, 3.05) is 11.9 Å². The van der Waals surface area contributed by atoms with Crippen LogP contribution < -0.4 is 5.32 Å². The predicted molar refractivity (Wildman–Crippen MR) is 112 cm³/mol. The number of carboxylic acids is 1. The largest absolute Gasteiger partial charge is 0.481 e. The molecule has 0 aromatic carbocycles. The molecule has 0 spiro atoms. The summed E-state index contributed by atoms with van der Waals surface area (Å²) in [6.45, 7) is 8.03. The van der Waals surface area contributed by atoms with E-state index in [9.17, 15) is 19.5 Å². The summed E-state index contributed by atoms with van der Waals surface area (Å²) in [5.74, 6) is -3.11. The smallest absolute Gasteiger partial charge is 0.341 e. The topological polar surface area (TPSA) is 92.7 Å². The SMILES string of the molecule is CCCc1cc(C(=O)OCC)c(NC(=O)[C@@H]2[C@@H](C(=O)O)[C@@H]3CC[C@@H]2C3=C(C)C)s1. The molecular weight excluding hydrogens is 390 g/mol. The third kappa shape index (κ3) is 3.97. The standard InChI is InChI=1S/C22H29NO5S/c1-5-7-12-10-15(22(27)28-6-2)20(29-12)23-19(24)17-13-8-9-14(16(13)11(3)4)18(17)21(25)26/h10,13-14,17-18H,5-9H2,1-4H3,(H,23,24)(H,25,26)/t13-,14-,17+,18+/m1/s1. The number of carboxylic acid groups (broad SMARTS) is 1. The summed E-state index contributed by atoms with van der Waals surface area (Å²) < 4.78 is 5.14. The molecule has 2 fully saturated rings. The van der Waals surface area contributed by atoms with Crippen LogP contribution in [0, 0.1) is 23.7 Å². The van der Waals surface area contributed by atoms with Gasteiger partial charge in [0.05, 0.1) is 24.0 Å². The van der Waals surface area contributed by atoms with Crippen molar-refractivity contribution in [3.05, 3.63) is 27.7 Å². The van der Waals surface area contributed by atoms with Gasteiger partial charge < -0.3 is 15.2 Å². The summed E-state index contributed by atoms with van der Waals surface area (Å²) in [7, 11) is 0. The molecule has 2 N–H and O–H groups in total. The number of rotatable bonds is 7.